The summed E-state index contributed by atoms with van der Waals surface area (Å²) < 4.78 is 5.59. The van der Waals surface area contributed by atoms with Crippen molar-refractivity contribution in [2.24, 2.45) is 11.7 Å². The molecule has 1 amide bonds. The van der Waals surface area contributed by atoms with Crippen LogP contribution >= 0.6 is 0 Å². The first-order valence-corrected chi connectivity index (χ1v) is 7.90. The Kier molecular flexibility index (Phi) is 6.70. The zero-order valence-electron chi connectivity index (χ0n) is 12.6. The maximum absolute atomic E-state index is 12.0. The largest absolute Gasteiger partial charge is 0.377 e. The van der Waals surface area contributed by atoms with Crippen LogP contribution in [0.2, 0.25) is 0 Å². The van der Waals surface area contributed by atoms with Gasteiger partial charge in [0, 0.05) is 25.1 Å². The van der Waals surface area contributed by atoms with E-state index in [1.54, 1.807) is 0 Å². The van der Waals surface area contributed by atoms with E-state index < -0.39 is 0 Å². The third-order valence-electron chi connectivity index (χ3n) is 3.96. The van der Waals surface area contributed by atoms with Gasteiger partial charge in [0.1, 0.15) is 0 Å². The molecule has 1 aliphatic carbocycles. The first kappa shape index (κ1) is 16.0. The second-order valence-corrected chi connectivity index (χ2v) is 5.81. The fraction of sp³-hybridized carbons (Fsp3) is 0.588. The van der Waals surface area contributed by atoms with Gasteiger partial charge in [0.05, 0.1) is 6.61 Å². The fourth-order valence-corrected chi connectivity index (χ4v) is 2.76. The van der Waals surface area contributed by atoms with Crippen LogP contribution in [-0.4, -0.2) is 25.1 Å². The summed E-state index contributed by atoms with van der Waals surface area (Å²) in [6, 6.07) is 10.3. The molecule has 1 aliphatic rings. The van der Waals surface area contributed by atoms with Crippen LogP contribution in [0, 0.1) is 5.92 Å². The van der Waals surface area contributed by atoms with Crippen molar-refractivity contribution in [2.45, 2.75) is 44.8 Å². The van der Waals surface area contributed by atoms with Crippen molar-refractivity contribution in [3.05, 3.63) is 35.9 Å². The molecule has 0 saturated heterocycles. The van der Waals surface area contributed by atoms with Gasteiger partial charge in [0.2, 0.25) is 5.91 Å². The fourth-order valence-electron chi connectivity index (χ4n) is 2.76. The van der Waals surface area contributed by atoms with Crippen LogP contribution < -0.4 is 11.1 Å². The molecule has 1 aromatic carbocycles. The van der Waals surface area contributed by atoms with Crippen LogP contribution in [0.25, 0.3) is 0 Å². The first-order chi connectivity index (χ1) is 10.3. The van der Waals surface area contributed by atoms with Crippen LogP contribution in [0.5, 0.6) is 0 Å². The number of nitrogens with two attached hydrogens (primary N) is 1. The predicted octanol–water partition coefficient (Wildman–Crippen LogP) is 2.23. The smallest absolute Gasteiger partial charge is 0.223 e. The van der Waals surface area contributed by atoms with Crippen molar-refractivity contribution in [2.75, 3.05) is 13.2 Å². The molecule has 2 atom stereocenters. The average Bonchev–Trinajstić information content (AvgIpc) is 2.51. The quantitative estimate of drug-likeness (QED) is 0.757. The summed E-state index contributed by atoms with van der Waals surface area (Å²) in [5, 5.41) is 3.00. The van der Waals surface area contributed by atoms with Gasteiger partial charge >= 0.3 is 0 Å². The SMILES string of the molecule is NC1CCCC(C(=O)NCCCOCc2ccccc2)C1. The molecule has 0 aromatic heterocycles. The summed E-state index contributed by atoms with van der Waals surface area (Å²) in [5.41, 5.74) is 7.09. The second kappa shape index (κ2) is 8.80. The number of amides is 1. The second-order valence-electron chi connectivity index (χ2n) is 5.81. The van der Waals surface area contributed by atoms with Gasteiger partial charge in [-0.2, -0.15) is 0 Å². The van der Waals surface area contributed by atoms with Gasteiger partial charge in [-0.3, -0.25) is 4.79 Å². The molecule has 0 aliphatic heterocycles. The molecule has 2 rings (SSSR count). The van der Waals surface area contributed by atoms with Gasteiger partial charge in [-0.25, -0.2) is 0 Å². The summed E-state index contributed by atoms with van der Waals surface area (Å²) >= 11 is 0. The molecule has 1 saturated carbocycles. The number of carbonyl (C=O) groups excluding carboxylic acids is 1. The molecular weight excluding hydrogens is 264 g/mol. The van der Waals surface area contributed by atoms with E-state index in [0.717, 1.165) is 32.1 Å². The molecular formula is C17H26N2O2. The summed E-state index contributed by atoms with van der Waals surface area (Å²) in [5.74, 6) is 0.271. The van der Waals surface area contributed by atoms with Gasteiger partial charge in [0.15, 0.2) is 0 Å². The molecule has 0 bridgehead atoms. The molecule has 21 heavy (non-hydrogen) atoms. The highest BCUT2D eigenvalue weighted by molar-refractivity contribution is 5.78. The summed E-state index contributed by atoms with van der Waals surface area (Å²) in [6.07, 6.45) is 4.77. The van der Waals surface area contributed by atoms with E-state index in [-0.39, 0.29) is 17.9 Å². The lowest BCUT2D eigenvalue weighted by atomic mass is 9.85. The Morgan fingerprint density at radius 1 is 1.29 bits per heavy atom. The maximum Gasteiger partial charge on any atom is 0.223 e. The van der Waals surface area contributed by atoms with Gasteiger partial charge in [0.25, 0.3) is 0 Å². The van der Waals surface area contributed by atoms with E-state index in [0.29, 0.717) is 19.8 Å². The number of ether oxygens (including phenoxy) is 1. The third kappa shape index (κ3) is 5.86. The van der Waals surface area contributed by atoms with Gasteiger partial charge in [-0.05, 0) is 31.2 Å². The van der Waals surface area contributed by atoms with Crippen molar-refractivity contribution >= 4 is 5.91 Å². The van der Waals surface area contributed by atoms with Crippen LogP contribution in [0.15, 0.2) is 30.3 Å². The normalized spacial score (nSPS) is 22.0. The van der Waals surface area contributed by atoms with Crippen molar-refractivity contribution in [1.29, 1.82) is 0 Å². The van der Waals surface area contributed by atoms with Crippen molar-refractivity contribution in [3.8, 4) is 0 Å². The van der Waals surface area contributed by atoms with Gasteiger partial charge < -0.3 is 15.8 Å². The van der Waals surface area contributed by atoms with Crippen LogP contribution in [-0.2, 0) is 16.1 Å². The monoisotopic (exact) mass is 290 g/mol. The zero-order chi connectivity index (χ0) is 14.9. The summed E-state index contributed by atoms with van der Waals surface area (Å²) in [7, 11) is 0. The van der Waals surface area contributed by atoms with E-state index in [1.807, 2.05) is 30.3 Å². The maximum atomic E-state index is 12.0. The number of carbonyl (C=O) groups is 1. The summed E-state index contributed by atoms with van der Waals surface area (Å²) in [4.78, 5) is 12.0. The summed E-state index contributed by atoms with van der Waals surface area (Å²) in [6.45, 7) is 1.98. The lowest BCUT2D eigenvalue weighted by molar-refractivity contribution is -0.126. The van der Waals surface area contributed by atoms with Crippen LogP contribution in [0.4, 0.5) is 0 Å². The zero-order valence-corrected chi connectivity index (χ0v) is 12.6. The highest BCUT2D eigenvalue weighted by Crippen LogP contribution is 2.22. The Morgan fingerprint density at radius 2 is 2.10 bits per heavy atom. The van der Waals surface area contributed by atoms with E-state index >= 15 is 0 Å². The van der Waals surface area contributed by atoms with Crippen molar-refractivity contribution < 1.29 is 9.53 Å². The van der Waals surface area contributed by atoms with Gasteiger partial charge in [-0.15, -0.1) is 0 Å². The molecule has 3 N–H and O–H groups in total. The number of hydrogen-bond donors (Lipinski definition) is 2. The minimum absolute atomic E-state index is 0.110. The minimum Gasteiger partial charge on any atom is -0.377 e. The van der Waals surface area contributed by atoms with E-state index in [1.165, 1.54) is 5.56 Å². The Morgan fingerprint density at radius 3 is 2.86 bits per heavy atom. The van der Waals surface area contributed by atoms with E-state index in [4.69, 9.17) is 10.5 Å². The standard InChI is InChI=1S/C17H26N2O2/c18-16-9-4-8-15(12-16)17(20)19-10-5-11-21-13-14-6-2-1-3-7-14/h1-3,6-7,15-16H,4-5,8-13,18H2,(H,19,20). The van der Waals surface area contributed by atoms with Crippen molar-refractivity contribution in [3.63, 3.8) is 0 Å². The van der Waals surface area contributed by atoms with E-state index in [9.17, 15) is 4.79 Å². The lowest BCUT2D eigenvalue weighted by Crippen LogP contribution is -2.38. The highest BCUT2D eigenvalue weighted by Gasteiger charge is 2.24. The van der Waals surface area contributed by atoms with Crippen molar-refractivity contribution in [1.82, 2.24) is 5.32 Å². The molecule has 4 nitrogen and oxygen atoms in total. The molecule has 4 heteroatoms. The Hall–Kier alpha value is -1.39. The van der Waals surface area contributed by atoms with E-state index in [2.05, 4.69) is 5.32 Å². The first-order valence-electron chi connectivity index (χ1n) is 7.90. The number of hydrogen-bond acceptors (Lipinski definition) is 3. The molecule has 2 unspecified atom stereocenters. The minimum atomic E-state index is 0.110. The molecule has 1 aromatic rings. The highest BCUT2D eigenvalue weighted by atomic mass is 16.5. The molecule has 0 spiro atoms. The third-order valence-corrected chi connectivity index (χ3v) is 3.96. The molecule has 0 radical (unpaired) electrons. The number of nitrogens with one attached hydrogen (secondary N) is 1. The Bertz CT molecular complexity index is 422. The number of benzene rings is 1. The lowest BCUT2D eigenvalue weighted by Gasteiger charge is -2.25. The van der Waals surface area contributed by atoms with Gasteiger partial charge in [-0.1, -0.05) is 36.8 Å². The molecule has 1 fully saturated rings. The Balaban J connectivity index is 1.52. The van der Waals surface area contributed by atoms with Crippen LogP contribution in [0.3, 0.4) is 0 Å². The molecule has 0 heterocycles. The molecule has 116 valence electrons. The topological polar surface area (TPSA) is 64.4 Å². The average molecular weight is 290 g/mol. The van der Waals surface area contributed by atoms with Crippen LogP contribution in [0.1, 0.15) is 37.7 Å². The number of rotatable bonds is 7. The Labute approximate surface area is 127 Å². The predicted molar refractivity (Wildman–Crippen MR) is 83.7 cm³/mol.